The molecule has 3 rings (SSSR count). The molecule has 1 heterocycles. The van der Waals surface area contributed by atoms with E-state index in [-0.39, 0.29) is 12.2 Å². The molecule has 2 aliphatic rings. The predicted molar refractivity (Wildman–Crippen MR) is 70.2 cm³/mol. The summed E-state index contributed by atoms with van der Waals surface area (Å²) in [6, 6.07) is 11.1. The molecule has 1 aliphatic carbocycles. The van der Waals surface area contributed by atoms with E-state index < -0.39 is 0 Å². The van der Waals surface area contributed by atoms with E-state index in [1.54, 1.807) is 0 Å². The molecule has 0 aromatic heterocycles. The molecule has 98 valence electrons. The van der Waals surface area contributed by atoms with Gasteiger partial charge in [-0.2, -0.15) is 0 Å². The number of morpholine rings is 1. The minimum absolute atomic E-state index is 0.164. The molecule has 3 unspecified atom stereocenters. The Morgan fingerprint density at radius 1 is 1.22 bits per heavy atom. The van der Waals surface area contributed by atoms with E-state index >= 15 is 0 Å². The SMILES string of the molecule is OC1CCC2C(C1)OCCN2Cc1ccccc1. The molecular formula is C15H21NO2. The smallest absolute Gasteiger partial charge is 0.0755 e. The number of fused-ring (bicyclic) bond motifs is 1. The number of aliphatic hydroxyl groups excluding tert-OH is 1. The lowest BCUT2D eigenvalue weighted by Gasteiger charge is -2.45. The maximum atomic E-state index is 9.73. The van der Waals surface area contributed by atoms with Gasteiger partial charge in [0.25, 0.3) is 0 Å². The highest BCUT2D eigenvalue weighted by atomic mass is 16.5. The number of rotatable bonds is 2. The van der Waals surface area contributed by atoms with Crippen LogP contribution in [0.2, 0.25) is 0 Å². The van der Waals surface area contributed by atoms with Gasteiger partial charge in [0.05, 0.1) is 18.8 Å². The molecule has 1 aromatic rings. The maximum absolute atomic E-state index is 9.73. The second kappa shape index (κ2) is 5.39. The molecule has 1 saturated heterocycles. The highest BCUT2D eigenvalue weighted by Crippen LogP contribution is 2.29. The summed E-state index contributed by atoms with van der Waals surface area (Å²) in [6.45, 7) is 2.80. The first-order chi connectivity index (χ1) is 8.83. The van der Waals surface area contributed by atoms with Crippen molar-refractivity contribution in [3.63, 3.8) is 0 Å². The average Bonchev–Trinajstić information content (AvgIpc) is 2.40. The van der Waals surface area contributed by atoms with Crippen molar-refractivity contribution in [2.45, 2.75) is 44.1 Å². The first-order valence-corrected chi connectivity index (χ1v) is 6.90. The fourth-order valence-electron chi connectivity index (χ4n) is 3.19. The molecule has 1 aromatic carbocycles. The molecule has 3 nitrogen and oxygen atoms in total. The van der Waals surface area contributed by atoms with Crippen molar-refractivity contribution in [1.82, 2.24) is 4.90 Å². The zero-order valence-electron chi connectivity index (χ0n) is 10.7. The van der Waals surface area contributed by atoms with Gasteiger partial charge < -0.3 is 9.84 Å². The van der Waals surface area contributed by atoms with Crippen LogP contribution in [0.5, 0.6) is 0 Å². The van der Waals surface area contributed by atoms with E-state index in [0.29, 0.717) is 6.04 Å². The van der Waals surface area contributed by atoms with Crippen molar-refractivity contribution in [2.75, 3.05) is 13.2 Å². The standard InChI is InChI=1S/C15H21NO2/c17-13-6-7-14-15(10-13)18-9-8-16(14)11-12-4-2-1-3-5-12/h1-5,13-15,17H,6-11H2. The third-order valence-corrected chi connectivity index (χ3v) is 4.14. The summed E-state index contributed by atoms with van der Waals surface area (Å²) < 4.78 is 5.82. The van der Waals surface area contributed by atoms with Crippen LogP contribution in [0.4, 0.5) is 0 Å². The third-order valence-electron chi connectivity index (χ3n) is 4.14. The zero-order valence-corrected chi connectivity index (χ0v) is 10.7. The van der Waals surface area contributed by atoms with Gasteiger partial charge in [-0.3, -0.25) is 4.90 Å². The molecule has 18 heavy (non-hydrogen) atoms. The number of benzene rings is 1. The minimum atomic E-state index is -0.164. The molecule has 2 fully saturated rings. The van der Waals surface area contributed by atoms with Crippen LogP contribution in [-0.2, 0) is 11.3 Å². The van der Waals surface area contributed by atoms with Crippen LogP contribution in [0.3, 0.4) is 0 Å². The Labute approximate surface area is 108 Å². The topological polar surface area (TPSA) is 32.7 Å². The maximum Gasteiger partial charge on any atom is 0.0755 e. The van der Waals surface area contributed by atoms with Gasteiger partial charge in [0.1, 0.15) is 0 Å². The van der Waals surface area contributed by atoms with Gasteiger partial charge in [0, 0.05) is 25.6 Å². The molecule has 0 bridgehead atoms. The highest BCUT2D eigenvalue weighted by molar-refractivity contribution is 5.15. The highest BCUT2D eigenvalue weighted by Gasteiger charge is 2.36. The lowest BCUT2D eigenvalue weighted by molar-refractivity contribution is -0.113. The molecule has 3 heteroatoms. The summed E-state index contributed by atoms with van der Waals surface area (Å²) in [4.78, 5) is 2.52. The van der Waals surface area contributed by atoms with Crippen molar-refractivity contribution in [1.29, 1.82) is 0 Å². The number of ether oxygens (including phenoxy) is 1. The van der Waals surface area contributed by atoms with Crippen LogP contribution in [0, 0.1) is 0 Å². The Kier molecular flexibility index (Phi) is 3.64. The van der Waals surface area contributed by atoms with E-state index in [0.717, 1.165) is 39.0 Å². The van der Waals surface area contributed by atoms with E-state index in [4.69, 9.17) is 4.74 Å². The summed E-state index contributed by atoms with van der Waals surface area (Å²) in [6.07, 6.45) is 2.83. The zero-order chi connectivity index (χ0) is 12.4. The van der Waals surface area contributed by atoms with Gasteiger partial charge in [-0.25, -0.2) is 0 Å². The second-order valence-corrected chi connectivity index (χ2v) is 5.40. The van der Waals surface area contributed by atoms with Gasteiger partial charge in [-0.1, -0.05) is 30.3 Å². The molecular weight excluding hydrogens is 226 g/mol. The number of aliphatic hydroxyl groups is 1. The van der Waals surface area contributed by atoms with E-state index in [1.165, 1.54) is 5.56 Å². The second-order valence-electron chi connectivity index (χ2n) is 5.40. The van der Waals surface area contributed by atoms with Crippen molar-refractivity contribution in [2.24, 2.45) is 0 Å². The molecule has 0 amide bonds. The normalized spacial score (nSPS) is 33.1. The molecule has 0 radical (unpaired) electrons. The van der Waals surface area contributed by atoms with Crippen molar-refractivity contribution < 1.29 is 9.84 Å². The van der Waals surface area contributed by atoms with Gasteiger partial charge in [0.2, 0.25) is 0 Å². The Bertz CT molecular complexity index is 381. The molecule has 1 N–H and O–H groups in total. The van der Waals surface area contributed by atoms with Crippen molar-refractivity contribution in [3.05, 3.63) is 35.9 Å². The van der Waals surface area contributed by atoms with Crippen LogP contribution in [0.25, 0.3) is 0 Å². The fraction of sp³-hybridized carbons (Fsp3) is 0.600. The van der Waals surface area contributed by atoms with Crippen molar-refractivity contribution >= 4 is 0 Å². The first kappa shape index (κ1) is 12.2. The summed E-state index contributed by atoms with van der Waals surface area (Å²) >= 11 is 0. The molecule has 3 atom stereocenters. The number of hydrogen-bond acceptors (Lipinski definition) is 3. The Morgan fingerprint density at radius 2 is 2.06 bits per heavy atom. The Morgan fingerprint density at radius 3 is 2.89 bits per heavy atom. The summed E-state index contributed by atoms with van der Waals surface area (Å²) in [5.74, 6) is 0. The largest absolute Gasteiger partial charge is 0.393 e. The van der Waals surface area contributed by atoms with Crippen LogP contribution >= 0.6 is 0 Å². The van der Waals surface area contributed by atoms with Gasteiger partial charge in [-0.05, 0) is 18.4 Å². The quantitative estimate of drug-likeness (QED) is 0.865. The van der Waals surface area contributed by atoms with Gasteiger partial charge in [-0.15, -0.1) is 0 Å². The van der Waals surface area contributed by atoms with E-state index in [2.05, 4.69) is 35.2 Å². The van der Waals surface area contributed by atoms with Crippen LogP contribution < -0.4 is 0 Å². The average molecular weight is 247 g/mol. The van der Waals surface area contributed by atoms with E-state index in [9.17, 15) is 5.11 Å². The van der Waals surface area contributed by atoms with Crippen LogP contribution in [0.15, 0.2) is 30.3 Å². The third kappa shape index (κ3) is 2.58. The predicted octanol–water partition coefficient (Wildman–Crippen LogP) is 1.80. The minimum Gasteiger partial charge on any atom is -0.393 e. The molecule has 0 spiro atoms. The van der Waals surface area contributed by atoms with Crippen LogP contribution in [-0.4, -0.2) is 41.4 Å². The Hall–Kier alpha value is -0.900. The summed E-state index contributed by atoms with van der Waals surface area (Å²) in [5.41, 5.74) is 1.37. The molecule has 1 saturated carbocycles. The van der Waals surface area contributed by atoms with Crippen molar-refractivity contribution in [3.8, 4) is 0 Å². The number of nitrogens with zero attached hydrogens (tertiary/aromatic N) is 1. The fourth-order valence-corrected chi connectivity index (χ4v) is 3.19. The van der Waals surface area contributed by atoms with Crippen LogP contribution in [0.1, 0.15) is 24.8 Å². The van der Waals surface area contributed by atoms with E-state index in [1.807, 2.05) is 0 Å². The van der Waals surface area contributed by atoms with Gasteiger partial charge in [0.15, 0.2) is 0 Å². The lowest BCUT2D eigenvalue weighted by atomic mass is 9.88. The van der Waals surface area contributed by atoms with Gasteiger partial charge >= 0.3 is 0 Å². The summed E-state index contributed by atoms with van der Waals surface area (Å²) in [7, 11) is 0. The Balaban J connectivity index is 1.68. The molecule has 1 aliphatic heterocycles. The monoisotopic (exact) mass is 247 g/mol. The first-order valence-electron chi connectivity index (χ1n) is 6.90. The number of hydrogen-bond donors (Lipinski definition) is 1. The lowest BCUT2D eigenvalue weighted by Crippen LogP contribution is -2.54. The summed E-state index contributed by atoms with van der Waals surface area (Å²) in [5, 5.41) is 9.73.